The predicted molar refractivity (Wildman–Crippen MR) is 151 cm³/mol. The van der Waals surface area contributed by atoms with Crippen LogP contribution in [0.15, 0.2) is 62.1 Å². The predicted octanol–water partition coefficient (Wildman–Crippen LogP) is 3.20. The molecule has 4 aromatic rings. The lowest BCUT2D eigenvalue weighted by atomic mass is 9.99. The SMILES string of the molecule is Cc1cn([C@H]2CC(O)[C@@H](COC(=O)CSc3nnc(Br)n3-c3ccc(C4CC4)c4ccccc34)O2)c(=O)[nH]c1=O. The number of H-pyrrole nitrogens is 1. The quantitative estimate of drug-likeness (QED) is 0.222. The number of carbonyl (C=O) groups is 1. The summed E-state index contributed by atoms with van der Waals surface area (Å²) in [5.74, 6) is 0.0564. The average Bonchev–Trinajstić information content (AvgIpc) is 3.63. The number of aliphatic hydroxyl groups excluding tert-OH is 1. The van der Waals surface area contributed by atoms with Gasteiger partial charge in [0, 0.05) is 23.6 Å². The number of hydrogen-bond donors (Lipinski definition) is 2. The fourth-order valence-electron chi connectivity index (χ4n) is 4.98. The highest BCUT2D eigenvalue weighted by Crippen LogP contribution is 2.44. The number of benzene rings is 2. The Kier molecular flexibility index (Phi) is 7.38. The molecule has 2 aromatic carbocycles. The zero-order chi connectivity index (χ0) is 28.0. The smallest absolute Gasteiger partial charge is 0.330 e. The molecule has 2 aliphatic rings. The standard InChI is InChI=1S/C27H26BrN5O6S/c1-14-11-32(26(37)29-24(14)36)22-10-20(34)21(39-22)12-38-23(35)13-40-27-31-30-25(28)33(27)19-9-8-16(15-6-7-15)17-4-2-3-5-18(17)19/h2-5,8-9,11,15,20-22,34H,6-7,10,12-13H2,1H3,(H,29,36,37)/t20?,21-,22-/m1/s1. The number of rotatable bonds is 8. The van der Waals surface area contributed by atoms with E-state index in [0.29, 0.717) is 21.4 Å². The molecule has 1 aliphatic carbocycles. The van der Waals surface area contributed by atoms with Crippen LogP contribution in [0.3, 0.4) is 0 Å². The number of fused-ring (bicyclic) bond motifs is 1. The van der Waals surface area contributed by atoms with E-state index in [-0.39, 0.29) is 18.8 Å². The number of halogens is 1. The third kappa shape index (κ3) is 5.26. The van der Waals surface area contributed by atoms with Gasteiger partial charge < -0.3 is 14.6 Å². The number of aromatic nitrogens is 5. The van der Waals surface area contributed by atoms with Gasteiger partial charge in [0.25, 0.3) is 5.56 Å². The molecule has 0 amide bonds. The van der Waals surface area contributed by atoms with Crippen molar-refractivity contribution in [1.29, 1.82) is 0 Å². The monoisotopic (exact) mass is 627 g/mol. The Bertz CT molecular complexity index is 1710. The summed E-state index contributed by atoms with van der Waals surface area (Å²) in [6.07, 6.45) is 1.37. The number of ether oxygens (including phenoxy) is 2. The van der Waals surface area contributed by atoms with E-state index in [1.165, 1.54) is 46.3 Å². The van der Waals surface area contributed by atoms with Crippen molar-refractivity contribution in [3.05, 3.63) is 79.3 Å². The minimum atomic E-state index is -0.949. The normalized spacial score (nSPS) is 20.7. The van der Waals surface area contributed by atoms with Gasteiger partial charge in [-0.1, -0.05) is 42.1 Å². The lowest BCUT2D eigenvalue weighted by Gasteiger charge is -2.16. The van der Waals surface area contributed by atoms with Crippen molar-refractivity contribution in [3.63, 3.8) is 0 Å². The van der Waals surface area contributed by atoms with Gasteiger partial charge in [-0.3, -0.25) is 23.7 Å². The van der Waals surface area contributed by atoms with E-state index in [9.17, 15) is 19.5 Å². The van der Waals surface area contributed by atoms with Crippen LogP contribution < -0.4 is 11.2 Å². The molecule has 11 nitrogen and oxygen atoms in total. The zero-order valence-corrected chi connectivity index (χ0v) is 23.9. The van der Waals surface area contributed by atoms with Gasteiger partial charge in [0.2, 0.25) is 4.73 Å². The largest absolute Gasteiger partial charge is 0.462 e. The Morgan fingerprint density at radius 2 is 1.98 bits per heavy atom. The minimum Gasteiger partial charge on any atom is -0.462 e. The maximum absolute atomic E-state index is 12.6. The number of thioether (sulfide) groups is 1. The first-order valence-electron chi connectivity index (χ1n) is 12.9. The lowest BCUT2D eigenvalue weighted by Crippen LogP contribution is -2.33. The summed E-state index contributed by atoms with van der Waals surface area (Å²) in [5, 5.41) is 21.7. The molecule has 40 heavy (non-hydrogen) atoms. The molecule has 6 rings (SSSR count). The number of aliphatic hydroxyl groups is 1. The molecule has 3 atom stereocenters. The molecule has 1 aliphatic heterocycles. The number of nitrogens with zero attached hydrogens (tertiary/aromatic N) is 4. The maximum Gasteiger partial charge on any atom is 0.330 e. The van der Waals surface area contributed by atoms with Crippen molar-refractivity contribution in [3.8, 4) is 5.69 Å². The van der Waals surface area contributed by atoms with Crippen LogP contribution in [0.1, 0.15) is 42.5 Å². The fraction of sp³-hybridized carbons (Fsp3) is 0.370. The van der Waals surface area contributed by atoms with Crippen molar-refractivity contribution in [2.45, 2.75) is 55.7 Å². The number of carbonyl (C=O) groups excluding carboxylic acids is 1. The molecule has 2 aromatic heterocycles. The molecular weight excluding hydrogens is 602 g/mol. The molecule has 1 saturated heterocycles. The highest BCUT2D eigenvalue weighted by atomic mass is 79.9. The number of esters is 1. The summed E-state index contributed by atoms with van der Waals surface area (Å²) in [7, 11) is 0. The Labute approximate surface area is 240 Å². The Morgan fingerprint density at radius 3 is 2.75 bits per heavy atom. The zero-order valence-electron chi connectivity index (χ0n) is 21.4. The second kappa shape index (κ2) is 11.0. The van der Waals surface area contributed by atoms with Gasteiger partial charge in [-0.15, -0.1) is 10.2 Å². The minimum absolute atomic E-state index is 0.0337. The number of aryl methyl sites for hydroxylation is 1. The van der Waals surface area contributed by atoms with Crippen LogP contribution in [0.5, 0.6) is 0 Å². The fourth-order valence-corrected chi connectivity index (χ4v) is 6.27. The van der Waals surface area contributed by atoms with Gasteiger partial charge in [0.1, 0.15) is 18.9 Å². The van der Waals surface area contributed by atoms with Gasteiger partial charge in [0.05, 0.1) is 17.5 Å². The third-order valence-corrected chi connectivity index (χ3v) is 8.59. The lowest BCUT2D eigenvalue weighted by molar-refractivity contribution is -0.147. The number of aromatic amines is 1. The Balaban J connectivity index is 1.11. The maximum atomic E-state index is 12.6. The van der Waals surface area contributed by atoms with Gasteiger partial charge in [-0.25, -0.2) is 4.79 Å². The second-order valence-corrected chi connectivity index (χ2v) is 11.6. The van der Waals surface area contributed by atoms with Crippen LogP contribution in [0.2, 0.25) is 0 Å². The third-order valence-electron chi connectivity index (χ3n) is 7.17. The van der Waals surface area contributed by atoms with E-state index in [1.54, 1.807) is 6.92 Å². The van der Waals surface area contributed by atoms with Crippen molar-refractivity contribution < 1.29 is 19.4 Å². The van der Waals surface area contributed by atoms with Gasteiger partial charge in [0.15, 0.2) is 5.16 Å². The summed E-state index contributed by atoms with van der Waals surface area (Å²) >= 11 is 4.69. The first kappa shape index (κ1) is 26.9. The van der Waals surface area contributed by atoms with Crippen LogP contribution >= 0.6 is 27.7 Å². The van der Waals surface area contributed by atoms with E-state index in [0.717, 1.165) is 11.1 Å². The molecule has 2 fully saturated rings. The van der Waals surface area contributed by atoms with E-state index >= 15 is 0 Å². The molecule has 1 saturated carbocycles. The van der Waals surface area contributed by atoms with Crippen LogP contribution in [0.4, 0.5) is 0 Å². The molecule has 0 bridgehead atoms. The van der Waals surface area contributed by atoms with E-state index < -0.39 is 35.7 Å². The molecule has 0 spiro atoms. The Hall–Kier alpha value is -3.26. The summed E-state index contributed by atoms with van der Waals surface area (Å²) < 4.78 is 14.8. The van der Waals surface area contributed by atoms with E-state index in [1.807, 2.05) is 16.7 Å². The first-order valence-corrected chi connectivity index (χ1v) is 14.6. The van der Waals surface area contributed by atoms with Crippen LogP contribution in [-0.2, 0) is 14.3 Å². The topological polar surface area (TPSA) is 141 Å². The van der Waals surface area contributed by atoms with Crippen molar-refractivity contribution in [1.82, 2.24) is 24.3 Å². The first-order chi connectivity index (χ1) is 19.3. The number of nitrogens with one attached hydrogen (secondary N) is 1. The van der Waals surface area contributed by atoms with Gasteiger partial charge in [-0.2, -0.15) is 0 Å². The Morgan fingerprint density at radius 1 is 1.20 bits per heavy atom. The molecule has 13 heteroatoms. The summed E-state index contributed by atoms with van der Waals surface area (Å²) in [5.41, 5.74) is 1.49. The van der Waals surface area contributed by atoms with Gasteiger partial charge >= 0.3 is 11.7 Å². The van der Waals surface area contributed by atoms with Gasteiger partial charge in [-0.05, 0) is 58.6 Å². The highest BCUT2D eigenvalue weighted by molar-refractivity contribution is 9.10. The molecule has 3 heterocycles. The highest BCUT2D eigenvalue weighted by Gasteiger charge is 2.36. The summed E-state index contributed by atoms with van der Waals surface area (Å²) in [6, 6.07) is 12.5. The summed E-state index contributed by atoms with van der Waals surface area (Å²) in [4.78, 5) is 38.7. The molecule has 0 radical (unpaired) electrons. The number of hydrogen-bond acceptors (Lipinski definition) is 9. The molecule has 2 N–H and O–H groups in total. The summed E-state index contributed by atoms with van der Waals surface area (Å²) in [6.45, 7) is 1.39. The van der Waals surface area contributed by atoms with Crippen molar-refractivity contribution in [2.24, 2.45) is 0 Å². The average molecular weight is 629 g/mol. The van der Waals surface area contributed by atoms with E-state index in [4.69, 9.17) is 9.47 Å². The van der Waals surface area contributed by atoms with Crippen LogP contribution in [0.25, 0.3) is 16.5 Å². The second-order valence-electron chi connectivity index (χ2n) is 9.96. The molecule has 1 unspecified atom stereocenters. The van der Waals surface area contributed by atoms with E-state index in [2.05, 4.69) is 55.4 Å². The van der Waals surface area contributed by atoms with Crippen LogP contribution in [-0.4, -0.2) is 60.0 Å². The van der Waals surface area contributed by atoms with Crippen molar-refractivity contribution in [2.75, 3.05) is 12.4 Å². The molecular formula is C27H26BrN5O6S. The molecule has 208 valence electrons. The van der Waals surface area contributed by atoms with Crippen LogP contribution in [0, 0.1) is 6.92 Å². The van der Waals surface area contributed by atoms with Crippen molar-refractivity contribution >= 4 is 44.4 Å².